The summed E-state index contributed by atoms with van der Waals surface area (Å²) in [5.41, 5.74) is 6.94. The molecular formula is C29H24F3N7O2. The van der Waals surface area contributed by atoms with Gasteiger partial charge in [-0.2, -0.15) is 19.1 Å². The van der Waals surface area contributed by atoms with Crippen LogP contribution in [0.4, 0.5) is 13.2 Å². The van der Waals surface area contributed by atoms with Crippen molar-refractivity contribution in [2.75, 3.05) is 6.98 Å². The van der Waals surface area contributed by atoms with E-state index in [-0.39, 0.29) is 40.2 Å². The molecule has 41 heavy (non-hydrogen) atoms. The lowest BCUT2D eigenvalue weighted by molar-refractivity contribution is -0.0505. The Morgan fingerprint density at radius 3 is 2.73 bits per heavy atom. The zero-order valence-corrected chi connectivity index (χ0v) is 21.6. The van der Waals surface area contributed by atoms with Gasteiger partial charge in [0.05, 0.1) is 64.3 Å². The number of rotatable bonds is 4. The van der Waals surface area contributed by atoms with Crippen LogP contribution in [-0.2, 0) is 5.54 Å². The van der Waals surface area contributed by atoms with Gasteiger partial charge in [0.15, 0.2) is 5.82 Å². The fourth-order valence-electron chi connectivity index (χ4n) is 6.73. The molecule has 0 unspecified atom stereocenters. The number of hydrogen-bond donors (Lipinski definition) is 1. The second kappa shape index (κ2) is 8.50. The molecule has 9 nitrogen and oxygen atoms in total. The molecule has 2 bridgehead atoms. The summed E-state index contributed by atoms with van der Waals surface area (Å²) < 4.78 is 72.9. The maximum Gasteiger partial charge on any atom is 0.387 e. The third-order valence-corrected chi connectivity index (χ3v) is 8.42. The standard InChI is InChI=1S/C29H24F3N7O2/c1-28(13-33)11-29(34,12-28)22-9-35-18(8-36-22)15-6-19-24-16-7-20(25(24)37-39(19)10-17(15)30)38(2)26(40)14-4-3-5-21(23(14)16)41-27(31)32/h3-6,8-10,16,20,27H,7,11-12,34H2,1-2H3/t16-,20-,28?,29?/m1/s1/i2D3. The van der Waals surface area contributed by atoms with Crippen molar-refractivity contribution in [2.45, 2.75) is 50.3 Å². The Morgan fingerprint density at radius 2 is 2.05 bits per heavy atom. The average molecular weight is 563 g/mol. The Labute approximate surface area is 236 Å². The molecule has 2 atom stereocenters. The number of pyridine rings is 1. The van der Waals surface area contributed by atoms with Gasteiger partial charge in [-0.25, -0.2) is 8.91 Å². The van der Waals surface area contributed by atoms with Crippen molar-refractivity contribution in [3.05, 3.63) is 76.8 Å². The Hall–Kier alpha value is -4.50. The topological polar surface area (TPSA) is 122 Å². The predicted octanol–water partition coefficient (Wildman–Crippen LogP) is 4.67. The first-order valence-corrected chi connectivity index (χ1v) is 12.9. The molecule has 1 aromatic carbocycles. The minimum absolute atomic E-state index is 0.0519. The summed E-state index contributed by atoms with van der Waals surface area (Å²) in [5.74, 6) is -2.57. The number of nitriles is 1. The van der Waals surface area contributed by atoms with Gasteiger partial charge in [-0.3, -0.25) is 14.8 Å². The Morgan fingerprint density at radius 1 is 1.24 bits per heavy atom. The highest BCUT2D eigenvalue weighted by molar-refractivity contribution is 5.98. The molecule has 2 aliphatic carbocycles. The molecule has 3 aromatic heterocycles. The summed E-state index contributed by atoms with van der Waals surface area (Å²) in [6.07, 6.45) is 4.82. The monoisotopic (exact) mass is 562 g/mol. The molecular weight excluding hydrogens is 535 g/mol. The van der Waals surface area contributed by atoms with Crippen molar-refractivity contribution < 1.29 is 26.8 Å². The molecule has 1 saturated carbocycles. The second-order valence-corrected chi connectivity index (χ2v) is 11.2. The molecule has 208 valence electrons. The lowest BCUT2D eigenvalue weighted by Crippen LogP contribution is -2.54. The van der Waals surface area contributed by atoms with Crippen molar-refractivity contribution in [3.63, 3.8) is 0 Å². The van der Waals surface area contributed by atoms with Gasteiger partial charge in [0.25, 0.3) is 5.91 Å². The van der Waals surface area contributed by atoms with Gasteiger partial charge < -0.3 is 15.4 Å². The van der Waals surface area contributed by atoms with Crippen molar-refractivity contribution in [1.29, 1.82) is 5.26 Å². The van der Waals surface area contributed by atoms with Gasteiger partial charge in [0.2, 0.25) is 0 Å². The zero-order valence-electron chi connectivity index (χ0n) is 24.6. The van der Waals surface area contributed by atoms with Gasteiger partial charge in [-0.05, 0) is 44.4 Å². The zero-order chi connectivity index (χ0) is 31.3. The third kappa shape index (κ3) is 3.65. The van der Waals surface area contributed by atoms with Crippen LogP contribution < -0.4 is 10.5 Å². The number of benzene rings is 1. The molecule has 4 aromatic rings. The van der Waals surface area contributed by atoms with Crippen LogP contribution >= 0.6 is 0 Å². The number of carbonyl (C=O) groups is 1. The van der Waals surface area contributed by atoms with Crippen LogP contribution in [-0.4, -0.2) is 44.0 Å². The molecule has 1 fully saturated rings. The average Bonchev–Trinajstić information content (AvgIpc) is 3.43. The minimum Gasteiger partial charge on any atom is -0.434 e. The molecule has 12 heteroatoms. The lowest BCUT2D eigenvalue weighted by Gasteiger charge is -2.48. The Bertz CT molecular complexity index is 1900. The third-order valence-electron chi connectivity index (χ3n) is 8.42. The maximum atomic E-state index is 15.5. The number of nitrogens with two attached hydrogens (primary N) is 1. The van der Waals surface area contributed by atoms with E-state index < -0.39 is 48.2 Å². The highest BCUT2D eigenvalue weighted by Gasteiger charge is 2.52. The SMILES string of the molecule is [2H]C([2H])([2H])N1C(=O)c2cccc(OC(F)F)c2[C@H]2C[C@@H]1c1nn3cc(F)c(-c4cnc(C5(N)CC(C)(C#N)C5)cn4)cc3c12. The Balaban J connectivity index is 1.37. The number of aromatic nitrogens is 4. The maximum absolute atomic E-state index is 15.5. The molecule has 0 spiro atoms. The summed E-state index contributed by atoms with van der Waals surface area (Å²) in [6.45, 7) is -4.26. The summed E-state index contributed by atoms with van der Waals surface area (Å²) in [4.78, 5) is 23.2. The molecule has 0 saturated heterocycles. The molecule has 0 radical (unpaired) electrons. The van der Waals surface area contributed by atoms with E-state index in [9.17, 15) is 18.8 Å². The van der Waals surface area contributed by atoms with Crippen LogP contribution in [0.2, 0.25) is 0 Å². The van der Waals surface area contributed by atoms with Gasteiger partial charge in [0.1, 0.15) is 5.75 Å². The summed E-state index contributed by atoms with van der Waals surface area (Å²) in [6, 6.07) is 6.75. The van der Waals surface area contributed by atoms with E-state index in [0.29, 0.717) is 29.6 Å². The van der Waals surface area contributed by atoms with Crippen LogP contribution in [0.15, 0.2) is 42.9 Å². The Kier molecular flexibility index (Phi) is 4.61. The number of ether oxygens (including phenoxy) is 1. The minimum atomic E-state index is -3.19. The number of alkyl halides is 2. The van der Waals surface area contributed by atoms with E-state index >= 15 is 4.39 Å². The van der Waals surface area contributed by atoms with E-state index in [4.69, 9.17) is 14.6 Å². The van der Waals surface area contributed by atoms with Gasteiger partial charge in [-0.15, -0.1) is 0 Å². The summed E-state index contributed by atoms with van der Waals surface area (Å²) in [5, 5.41) is 13.8. The molecule has 1 aliphatic heterocycles. The lowest BCUT2D eigenvalue weighted by atomic mass is 9.58. The first-order valence-electron chi connectivity index (χ1n) is 14.4. The predicted molar refractivity (Wildman–Crippen MR) is 139 cm³/mol. The van der Waals surface area contributed by atoms with Gasteiger partial charge in [-0.1, -0.05) is 6.07 Å². The first kappa shape index (κ1) is 22.2. The van der Waals surface area contributed by atoms with E-state index in [1.807, 2.05) is 6.92 Å². The molecule has 1 amide bonds. The van der Waals surface area contributed by atoms with E-state index in [2.05, 4.69) is 21.1 Å². The van der Waals surface area contributed by atoms with Crippen LogP contribution in [0, 0.1) is 22.6 Å². The smallest absolute Gasteiger partial charge is 0.387 e. The van der Waals surface area contributed by atoms with E-state index in [1.165, 1.54) is 41.2 Å². The van der Waals surface area contributed by atoms with Crippen LogP contribution in [0.3, 0.4) is 0 Å². The van der Waals surface area contributed by atoms with Gasteiger partial charge >= 0.3 is 6.61 Å². The molecule has 7 rings (SSSR count). The van der Waals surface area contributed by atoms with E-state index in [1.54, 1.807) is 0 Å². The summed E-state index contributed by atoms with van der Waals surface area (Å²) in [7, 11) is 0. The van der Waals surface area contributed by atoms with Crippen molar-refractivity contribution in [3.8, 4) is 23.1 Å². The molecule has 3 aliphatic rings. The summed E-state index contributed by atoms with van der Waals surface area (Å²) >= 11 is 0. The fraction of sp³-hybridized carbons (Fsp3) is 0.345. The highest BCUT2D eigenvalue weighted by atomic mass is 19.3. The normalized spacial score (nSPS) is 27.8. The molecule has 2 N–H and O–H groups in total. The van der Waals surface area contributed by atoms with Crippen LogP contribution in [0.5, 0.6) is 5.75 Å². The van der Waals surface area contributed by atoms with Crippen molar-refractivity contribution in [2.24, 2.45) is 11.1 Å². The number of fused-ring (bicyclic) bond motifs is 9. The first-order chi connectivity index (χ1) is 20.7. The van der Waals surface area contributed by atoms with Crippen molar-refractivity contribution >= 4 is 11.4 Å². The number of halogens is 3. The largest absolute Gasteiger partial charge is 0.434 e. The van der Waals surface area contributed by atoms with Crippen LogP contribution in [0.25, 0.3) is 16.8 Å². The molecule has 4 heterocycles. The fourth-order valence-corrected chi connectivity index (χ4v) is 6.73. The number of nitrogens with zero attached hydrogens (tertiary/aromatic N) is 6. The second-order valence-electron chi connectivity index (χ2n) is 11.2. The van der Waals surface area contributed by atoms with E-state index in [0.717, 1.165) is 11.1 Å². The number of amides is 1. The van der Waals surface area contributed by atoms with Crippen LogP contribution in [0.1, 0.15) is 75.1 Å². The van der Waals surface area contributed by atoms with Gasteiger partial charge in [0, 0.05) is 39.3 Å². The quantitative estimate of drug-likeness (QED) is 0.384. The number of hydrogen-bond acceptors (Lipinski definition) is 7. The highest BCUT2D eigenvalue weighted by Crippen LogP contribution is 2.54. The van der Waals surface area contributed by atoms with Crippen molar-refractivity contribution in [1.82, 2.24) is 24.5 Å². The number of carbonyl (C=O) groups excluding carboxylic acids is 1.